The molecule has 3 aromatic rings. The van der Waals surface area contributed by atoms with Gasteiger partial charge in [0, 0.05) is 10.9 Å². The molecule has 2 atom stereocenters. The molecule has 3 aromatic carbocycles. The first-order valence-electron chi connectivity index (χ1n) is 8.60. The van der Waals surface area contributed by atoms with Crippen molar-refractivity contribution in [1.29, 1.82) is 0 Å². The standard InChI is InChI=1S/C21H19N2O2PS/c1-25-19-15-9-8-14-18(19)20-22-21(27)23(16-10-4-2-5-11-16)26(20,24)17-12-6-3-7-13-17/h2-15,20H,1H3,(H,22,27)/t20-,26-/m0/s1. The fourth-order valence-corrected chi connectivity index (χ4v) is 7.16. The molecule has 0 radical (unpaired) electrons. The lowest BCUT2D eigenvalue weighted by Crippen LogP contribution is -2.27. The van der Waals surface area contributed by atoms with Crippen LogP contribution in [0.3, 0.4) is 0 Å². The Hall–Kier alpha value is -2.62. The zero-order chi connectivity index (χ0) is 18.9. The van der Waals surface area contributed by atoms with E-state index >= 15 is 0 Å². The summed E-state index contributed by atoms with van der Waals surface area (Å²) in [5.41, 5.74) is 1.63. The number of nitrogens with zero attached hydrogens (tertiary/aromatic N) is 1. The molecule has 0 amide bonds. The molecule has 1 heterocycles. The number of hydrogen-bond acceptors (Lipinski definition) is 3. The topological polar surface area (TPSA) is 41.6 Å². The Labute approximate surface area is 164 Å². The quantitative estimate of drug-likeness (QED) is 0.514. The lowest BCUT2D eigenvalue weighted by atomic mass is 10.2. The van der Waals surface area contributed by atoms with Crippen molar-refractivity contribution >= 4 is 35.6 Å². The number of nitrogens with one attached hydrogen (secondary N) is 1. The highest BCUT2D eigenvalue weighted by molar-refractivity contribution is 7.84. The van der Waals surface area contributed by atoms with Crippen LogP contribution >= 0.6 is 19.5 Å². The number of para-hydroxylation sites is 2. The molecule has 27 heavy (non-hydrogen) atoms. The van der Waals surface area contributed by atoms with Gasteiger partial charge in [-0.15, -0.1) is 0 Å². The molecule has 1 N–H and O–H groups in total. The molecule has 0 spiro atoms. The summed E-state index contributed by atoms with van der Waals surface area (Å²) in [7, 11) is -1.56. The highest BCUT2D eigenvalue weighted by Crippen LogP contribution is 2.65. The SMILES string of the molecule is COc1ccccc1[C@H]1NC(=S)N(c2ccccc2)[P@]1(=O)c1ccccc1. The summed E-state index contributed by atoms with van der Waals surface area (Å²) in [6, 6.07) is 26.8. The van der Waals surface area contributed by atoms with Gasteiger partial charge in [-0.2, -0.15) is 0 Å². The molecule has 0 unspecified atom stereocenters. The fourth-order valence-electron chi connectivity index (χ4n) is 3.44. The molecular formula is C21H19N2O2PS. The van der Waals surface area contributed by atoms with Crippen LogP contribution in [0.2, 0.25) is 0 Å². The summed E-state index contributed by atoms with van der Waals surface area (Å²) in [5.74, 6) is 0.188. The van der Waals surface area contributed by atoms with Crippen LogP contribution in [0.4, 0.5) is 5.69 Å². The van der Waals surface area contributed by atoms with E-state index in [4.69, 9.17) is 17.0 Å². The molecule has 0 aliphatic carbocycles. The predicted molar refractivity (Wildman–Crippen MR) is 114 cm³/mol. The maximum atomic E-state index is 14.7. The van der Waals surface area contributed by atoms with Gasteiger partial charge in [-0.25, -0.2) is 0 Å². The second kappa shape index (κ2) is 7.18. The Balaban J connectivity index is 1.95. The van der Waals surface area contributed by atoms with E-state index in [9.17, 15) is 4.57 Å². The summed E-state index contributed by atoms with van der Waals surface area (Å²) in [5, 5.41) is 4.49. The first-order valence-corrected chi connectivity index (χ1v) is 10.7. The Bertz CT molecular complexity index is 1010. The molecule has 136 valence electrons. The summed E-state index contributed by atoms with van der Waals surface area (Å²) >= 11 is 5.63. The van der Waals surface area contributed by atoms with Crippen LogP contribution in [0.15, 0.2) is 84.9 Å². The van der Waals surface area contributed by atoms with Gasteiger partial charge in [-0.05, 0) is 42.5 Å². The van der Waals surface area contributed by atoms with Crippen LogP contribution in [0.5, 0.6) is 5.75 Å². The van der Waals surface area contributed by atoms with Crippen LogP contribution in [-0.2, 0) is 4.57 Å². The average Bonchev–Trinajstić information content (AvgIpc) is 3.00. The lowest BCUT2D eigenvalue weighted by molar-refractivity contribution is 0.408. The van der Waals surface area contributed by atoms with E-state index in [0.717, 1.165) is 16.6 Å². The van der Waals surface area contributed by atoms with Crippen molar-refractivity contribution in [3.8, 4) is 5.75 Å². The summed E-state index contributed by atoms with van der Waals surface area (Å²) in [4.78, 5) is 0. The van der Waals surface area contributed by atoms with E-state index in [1.54, 1.807) is 11.8 Å². The molecule has 1 saturated heterocycles. The van der Waals surface area contributed by atoms with Crippen LogP contribution in [0.25, 0.3) is 0 Å². The molecule has 1 aliphatic rings. The van der Waals surface area contributed by atoms with Gasteiger partial charge >= 0.3 is 0 Å². The minimum absolute atomic E-state index is 0.448. The Morgan fingerprint density at radius 2 is 1.52 bits per heavy atom. The smallest absolute Gasteiger partial charge is 0.233 e. The summed E-state index contributed by atoms with van der Waals surface area (Å²) in [6.45, 7) is 0. The molecular weight excluding hydrogens is 375 g/mol. The third-order valence-corrected chi connectivity index (χ3v) is 8.27. The Kier molecular flexibility index (Phi) is 4.73. The molecule has 0 aromatic heterocycles. The zero-order valence-corrected chi connectivity index (χ0v) is 16.5. The third-order valence-electron chi connectivity index (χ3n) is 4.66. The van der Waals surface area contributed by atoms with Gasteiger partial charge in [-0.1, -0.05) is 54.6 Å². The highest BCUT2D eigenvalue weighted by atomic mass is 32.1. The number of anilines is 1. The van der Waals surface area contributed by atoms with Crippen LogP contribution in [-0.4, -0.2) is 12.2 Å². The Morgan fingerprint density at radius 3 is 2.19 bits per heavy atom. The van der Waals surface area contributed by atoms with Crippen molar-refractivity contribution < 1.29 is 9.30 Å². The zero-order valence-electron chi connectivity index (χ0n) is 14.8. The largest absolute Gasteiger partial charge is 0.496 e. The van der Waals surface area contributed by atoms with Crippen molar-refractivity contribution in [3.63, 3.8) is 0 Å². The van der Waals surface area contributed by atoms with Gasteiger partial charge < -0.3 is 10.1 Å². The fraction of sp³-hybridized carbons (Fsp3) is 0.0952. The van der Waals surface area contributed by atoms with E-state index in [2.05, 4.69) is 5.32 Å². The highest BCUT2D eigenvalue weighted by Gasteiger charge is 2.50. The third kappa shape index (κ3) is 2.93. The number of ether oxygens (including phenoxy) is 1. The number of thiocarbonyl (C=S) groups is 1. The van der Waals surface area contributed by atoms with E-state index in [1.165, 1.54) is 0 Å². The first-order chi connectivity index (χ1) is 13.2. The molecule has 4 rings (SSSR count). The molecule has 0 saturated carbocycles. The monoisotopic (exact) mass is 394 g/mol. The van der Waals surface area contributed by atoms with Crippen molar-refractivity contribution in [2.24, 2.45) is 0 Å². The lowest BCUT2D eigenvalue weighted by Gasteiger charge is -2.29. The summed E-state index contributed by atoms with van der Waals surface area (Å²) in [6.07, 6.45) is 0. The van der Waals surface area contributed by atoms with Gasteiger partial charge in [0.05, 0.1) is 12.8 Å². The molecule has 1 aliphatic heterocycles. The second-order valence-electron chi connectivity index (χ2n) is 6.20. The number of hydrogen-bond donors (Lipinski definition) is 1. The maximum Gasteiger partial charge on any atom is 0.233 e. The van der Waals surface area contributed by atoms with Gasteiger partial charge in [0.25, 0.3) is 0 Å². The first kappa shape index (κ1) is 17.8. The maximum absolute atomic E-state index is 14.7. The van der Waals surface area contributed by atoms with Crippen molar-refractivity contribution in [1.82, 2.24) is 5.32 Å². The van der Waals surface area contributed by atoms with Gasteiger partial charge in [0.15, 0.2) is 5.11 Å². The normalized spacial score (nSPS) is 21.7. The van der Waals surface area contributed by atoms with Gasteiger partial charge in [0.1, 0.15) is 11.5 Å². The van der Waals surface area contributed by atoms with Crippen LogP contribution in [0.1, 0.15) is 11.3 Å². The molecule has 1 fully saturated rings. The Morgan fingerprint density at radius 1 is 0.926 bits per heavy atom. The average molecular weight is 394 g/mol. The number of rotatable bonds is 4. The van der Waals surface area contributed by atoms with Gasteiger partial charge in [0.2, 0.25) is 7.29 Å². The van der Waals surface area contributed by atoms with E-state index in [1.807, 2.05) is 84.9 Å². The number of benzene rings is 3. The minimum Gasteiger partial charge on any atom is -0.496 e. The van der Waals surface area contributed by atoms with Crippen molar-refractivity contribution in [2.75, 3.05) is 11.8 Å². The van der Waals surface area contributed by atoms with E-state index < -0.39 is 13.1 Å². The van der Waals surface area contributed by atoms with E-state index in [0.29, 0.717) is 10.9 Å². The van der Waals surface area contributed by atoms with Crippen molar-refractivity contribution in [2.45, 2.75) is 5.78 Å². The predicted octanol–water partition coefficient (Wildman–Crippen LogP) is 4.69. The van der Waals surface area contributed by atoms with Crippen LogP contribution in [0, 0.1) is 0 Å². The van der Waals surface area contributed by atoms with Crippen molar-refractivity contribution in [3.05, 3.63) is 90.5 Å². The molecule has 4 nitrogen and oxygen atoms in total. The second-order valence-corrected chi connectivity index (χ2v) is 9.27. The molecule has 0 bridgehead atoms. The molecule has 6 heteroatoms. The summed E-state index contributed by atoms with van der Waals surface area (Å²) < 4.78 is 22.0. The van der Waals surface area contributed by atoms with Crippen LogP contribution < -0.4 is 20.0 Å². The van der Waals surface area contributed by atoms with E-state index in [-0.39, 0.29) is 0 Å². The minimum atomic E-state index is -3.18. The number of methoxy groups -OCH3 is 1. The van der Waals surface area contributed by atoms with Gasteiger partial charge in [-0.3, -0.25) is 9.24 Å².